The Labute approximate surface area is 115 Å². The average Bonchev–Trinajstić information content (AvgIpc) is 2.85. The van der Waals surface area contributed by atoms with Crippen LogP contribution in [-0.4, -0.2) is 30.3 Å². The molecule has 0 heterocycles. The number of aliphatic hydroxyl groups is 1. The topological polar surface area (TPSA) is 61.4 Å². The highest BCUT2D eigenvalue weighted by molar-refractivity contribution is 5.74. The summed E-state index contributed by atoms with van der Waals surface area (Å²) in [6, 6.07) is -0.00746. The van der Waals surface area contributed by atoms with Crippen LogP contribution in [0.2, 0.25) is 0 Å². The van der Waals surface area contributed by atoms with Crippen LogP contribution in [0.4, 0.5) is 4.79 Å². The Morgan fingerprint density at radius 2 is 2.11 bits per heavy atom. The molecule has 0 radical (unpaired) electrons. The maximum atomic E-state index is 11.8. The standard InChI is InChI=1S/C15H26N2O2/c1-11-4-2-3-5-13(11)9-16-15(19)17-14-7-6-12(8-14)10-18/h6-7,11-14,18H,2-5,8-10H2,1H3,(H2,16,17,19)/t11?,12-,13?,14+/m0/s1. The van der Waals surface area contributed by atoms with Gasteiger partial charge >= 0.3 is 6.03 Å². The van der Waals surface area contributed by atoms with E-state index >= 15 is 0 Å². The summed E-state index contributed by atoms with van der Waals surface area (Å²) in [5, 5.41) is 15.0. The first kappa shape index (κ1) is 14.4. The van der Waals surface area contributed by atoms with Crippen molar-refractivity contribution in [2.75, 3.05) is 13.2 Å². The van der Waals surface area contributed by atoms with Gasteiger partial charge in [-0.05, 0) is 24.7 Å². The molecule has 0 aromatic heterocycles. The van der Waals surface area contributed by atoms with Gasteiger partial charge in [-0.2, -0.15) is 0 Å². The van der Waals surface area contributed by atoms with Gasteiger partial charge in [0.15, 0.2) is 0 Å². The van der Waals surface area contributed by atoms with E-state index in [0.29, 0.717) is 5.92 Å². The Morgan fingerprint density at radius 1 is 1.32 bits per heavy atom. The van der Waals surface area contributed by atoms with E-state index in [4.69, 9.17) is 5.11 Å². The molecule has 2 aliphatic carbocycles. The van der Waals surface area contributed by atoms with Gasteiger partial charge in [-0.25, -0.2) is 4.79 Å². The van der Waals surface area contributed by atoms with Crippen LogP contribution in [0.15, 0.2) is 12.2 Å². The number of hydrogen-bond acceptors (Lipinski definition) is 2. The van der Waals surface area contributed by atoms with E-state index in [1.807, 2.05) is 12.2 Å². The molecule has 2 amide bonds. The highest BCUT2D eigenvalue weighted by Gasteiger charge is 2.23. The number of carbonyl (C=O) groups excluding carboxylic acids is 1. The van der Waals surface area contributed by atoms with Crippen molar-refractivity contribution in [2.45, 2.75) is 45.1 Å². The van der Waals surface area contributed by atoms with Crippen molar-refractivity contribution in [2.24, 2.45) is 17.8 Å². The van der Waals surface area contributed by atoms with Gasteiger partial charge in [-0.1, -0.05) is 38.3 Å². The summed E-state index contributed by atoms with van der Waals surface area (Å²) in [4.78, 5) is 11.8. The van der Waals surface area contributed by atoms with Crippen molar-refractivity contribution in [3.05, 3.63) is 12.2 Å². The predicted octanol–water partition coefficient (Wildman–Crippen LogP) is 2.05. The fourth-order valence-electron chi connectivity index (χ4n) is 3.16. The maximum absolute atomic E-state index is 11.8. The van der Waals surface area contributed by atoms with Gasteiger partial charge in [0, 0.05) is 25.1 Å². The molecule has 0 bridgehead atoms. The Balaban J connectivity index is 1.66. The van der Waals surface area contributed by atoms with Crippen LogP contribution >= 0.6 is 0 Å². The summed E-state index contributed by atoms with van der Waals surface area (Å²) in [7, 11) is 0. The molecule has 0 aromatic carbocycles. The summed E-state index contributed by atoms with van der Waals surface area (Å²) in [5.41, 5.74) is 0. The van der Waals surface area contributed by atoms with Crippen molar-refractivity contribution >= 4 is 6.03 Å². The van der Waals surface area contributed by atoms with E-state index < -0.39 is 0 Å². The van der Waals surface area contributed by atoms with Crippen molar-refractivity contribution in [3.8, 4) is 0 Å². The zero-order valence-corrected chi connectivity index (χ0v) is 11.8. The first-order chi connectivity index (χ1) is 9.19. The Bertz CT molecular complexity index is 330. The second-order valence-corrected chi connectivity index (χ2v) is 6.05. The molecule has 2 rings (SSSR count). The maximum Gasteiger partial charge on any atom is 0.315 e. The normalized spacial score (nSPS) is 34.2. The third kappa shape index (κ3) is 4.23. The van der Waals surface area contributed by atoms with Crippen LogP contribution in [-0.2, 0) is 0 Å². The largest absolute Gasteiger partial charge is 0.396 e. The van der Waals surface area contributed by atoms with E-state index in [9.17, 15) is 4.79 Å². The zero-order valence-electron chi connectivity index (χ0n) is 11.8. The molecule has 19 heavy (non-hydrogen) atoms. The molecule has 0 spiro atoms. The van der Waals surface area contributed by atoms with Crippen molar-refractivity contribution in [1.29, 1.82) is 0 Å². The van der Waals surface area contributed by atoms with Gasteiger partial charge in [0.1, 0.15) is 0 Å². The van der Waals surface area contributed by atoms with E-state index in [0.717, 1.165) is 18.9 Å². The summed E-state index contributed by atoms with van der Waals surface area (Å²) in [5.74, 6) is 1.55. The molecule has 108 valence electrons. The second kappa shape index (κ2) is 6.94. The zero-order chi connectivity index (χ0) is 13.7. The van der Waals surface area contributed by atoms with Crippen LogP contribution in [0, 0.1) is 17.8 Å². The number of amides is 2. The van der Waals surface area contributed by atoms with E-state index in [-0.39, 0.29) is 24.6 Å². The minimum atomic E-state index is -0.0778. The smallest absolute Gasteiger partial charge is 0.315 e. The molecule has 2 aliphatic rings. The molecule has 2 unspecified atom stereocenters. The minimum Gasteiger partial charge on any atom is -0.396 e. The third-order valence-electron chi connectivity index (χ3n) is 4.54. The second-order valence-electron chi connectivity index (χ2n) is 6.05. The summed E-state index contributed by atoms with van der Waals surface area (Å²) in [6.07, 6.45) is 9.91. The van der Waals surface area contributed by atoms with Crippen LogP contribution in [0.5, 0.6) is 0 Å². The molecule has 4 atom stereocenters. The number of nitrogens with one attached hydrogen (secondary N) is 2. The molecule has 1 saturated carbocycles. The molecular formula is C15H26N2O2. The number of aliphatic hydroxyl groups excluding tert-OH is 1. The summed E-state index contributed by atoms with van der Waals surface area (Å²) >= 11 is 0. The lowest BCUT2D eigenvalue weighted by Gasteiger charge is -2.29. The fraction of sp³-hybridized carbons (Fsp3) is 0.800. The van der Waals surface area contributed by atoms with Crippen LogP contribution < -0.4 is 10.6 Å². The monoisotopic (exact) mass is 266 g/mol. The van der Waals surface area contributed by atoms with Crippen molar-refractivity contribution in [3.63, 3.8) is 0 Å². The first-order valence-electron chi connectivity index (χ1n) is 7.52. The molecule has 0 saturated heterocycles. The Hall–Kier alpha value is -1.03. The SMILES string of the molecule is CC1CCCCC1CNC(=O)N[C@@H]1C=C[C@H](CO)C1. The fourth-order valence-corrected chi connectivity index (χ4v) is 3.16. The molecule has 1 fully saturated rings. The minimum absolute atomic E-state index is 0.0703. The molecule has 0 aromatic rings. The predicted molar refractivity (Wildman–Crippen MR) is 75.8 cm³/mol. The summed E-state index contributed by atoms with van der Waals surface area (Å²) < 4.78 is 0. The first-order valence-corrected chi connectivity index (χ1v) is 7.52. The van der Waals surface area contributed by atoms with Gasteiger partial charge in [-0.3, -0.25) is 0 Å². The molecule has 3 N–H and O–H groups in total. The lowest BCUT2D eigenvalue weighted by molar-refractivity contribution is 0.219. The molecule has 0 aliphatic heterocycles. The van der Waals surface area contributed by atoms with Crippen molar-refractivity contribution < 1.29 is 9.90 Å². The van der Waals surface area contributed by atoms with Gasteiger partial charge < -0.3 is 15.7 Å². The van der Waals surface area contributed by atoms with Crippen LogP contribution in [0.3, 0.4) is 0 Å². The van der Waals surface area contributed by atoms with E-state index in [1.165, 1.54) is 25.7 Å². The van der Waals surface area contributed by atoms with Gasteiger partial charge in [0.25, 0.3) is 0 Å². The van der Waals surface area contributed by atoms with E-state index in [2.05, 4.69) is 17.6 Å². The molecule has 4 nitrogen and oxygen atoms in total. The molecular weight excluding hydrogens is 240 g/mol. The lowest BCUT2D eigenvalue weighted by Crippen LogP contribution is -2.43. The quantitative estimate of drug-likeness (QED) is 0.682. The van der Waals surface area contributed by atoms with Crippen LogP contribution in [0.25, 0.3) is 0 Å². The number of hydrogen-bond donors (Lipinski definition) is 3. The Morgan fingerprint density at radius 3 is 2.79 bits per heavy atom. The highest BCUT2D eigenvalue weighted by atomic mass is 16.3. The van der Waals surface area contributed by atoms with E-state index in [1.54, 1.807) is 0 Å². The number of rotatable bonds is 4. The Kier molecular flexibility index (Phi) is 5.25. The number of urea groups is 1. The molecule has 4 heteroatoms. The average molecular weight is 266 g/mol. The summed E-state index contributed by atoms with van der Waals surface area (Å²) in [6.45, 7) is 3.23. The van der Waals surface area contributed by atoms with Gasteiger partial charge in [0.05, 0.1) is 0 Å². The third-order valence-corrected chi connectivity index (χ3v) is 4.54. The lowest BCUT2D eigenvalue weighted by atomic mass is 9.80. The van der Waals surface area contributed by atoms with Crippen molar-refractivity contribution in [1.82, 2.24) is 10.6 Å². The van der Waals surface area contributed by atoms with Crippen LogP contribution in [0.1, 0.15) is 39.0 Å². The van der Waals surface area contributed by atoms with Gasteiger partial charge in [-0.15, -0.1) is 0 Å². The number of carbonyl (C=O) groups is 1. The van der Waals surface area contributed by atoms with Gasteiger partial charge in [0.2, 0.25) is 0 Å². The highest BCUT2D eigenvalue weighted by Crippen LogP contribution is 2.28.